The number of nitrogens with one attached hydrogen (secondary N) is 1. The van der Waals surface area contributed by atoms with E-state index in [1.807, 2.05) is 54.7 Å². The fourth-order valence-corrected chi connectivity index (χ4v) is 5.09. The molecule has 2 aliphatic rings. The zero-order valence-corrected chi connectivity index (χ0v) is 18.2. The van der Waals surface area contributed by atoms with Gasteiger partial charge in [-0.2, -0.15) is 5.26 Å². The number of nitrogen functional groups attached to an aromatic ring is 1. The van der Waals surface area contributed by atoms with Gasteiger partial charge in [0, 0.05) is 34.0 Å². The lowest BCUT2D eigenvalue weighted by Crippen LogP contribution is -2.20. The number of aryl methyl sites for hydroxylation is 1. The molecule has 0 saturated carbocycles. The minimum absolute atomic E-state index is 0.383. The van der Waals surface area contributed by atoms with Crippen molar-refractivity contribution < 1.29 is 9.47 Å². The molecule has 6 heteroatoms. The highest BCUT2D eigenvalue weighted by atomic mass is 16.5. The van der Waals surface area contributed by atoms with E-state index in [4.69, 9.17) is 20.2 Å². The second kappa shape index (κ2) is 7.42. The van der Waals surface area contributed by atoms with Gasteiger partial charge in [-0.25, -0.2) is 4.98 Å². The van der Waals surface area contributed by atoms with Crippen LogP contribution in [0, 0.1) is 11.3 Å². The Morgan fingerprint density at radius 2 is 1.97 bits per heavy atom. The third-order valence-electron chi connectivity index (χ3n) is 6.70. The number of H-pyrrole nitrogens is 1. The number of hydrogen-bond acceptors (Lipinski definition) is 5. The molecule has 2 aromatic heterocycles. The first-order valence-corrected chi connectivity index (χ1v) is 11.0. The van der Waals surface area contributed by atoms with Gasteiger partial charge in [0.1, 0.15) is 5.75 Å². The standard InChI is InChI=1S/C27H22N4O2/c1-32-16-11-9-15(10-12-16)23-19(13-28)26(20-14-30-21-7-3-2-5-17(20)21)33-27-24(23)25(29)18-6-4-8-22(18)31-27/h2-3,5,7,9-12,14,23,30H,4,6,8H2,1H3,(H2,29,31). The Balaban J connectivity index is 1.63. The maximum atomic E-state index is 10.4. The molecule has 2 aromatic carbocycles. The molecular weight excluding hydrogens is 412 g/mol. The van der Waals surface area contributed by atoms with Crippen LogP contribution in [0.2, 0.25) is 0 Å². The zero-order chi connectivity index (χ0) is 22.5. The van der Waals surface area contributed by atoms with Crippen molar-refractivity contribution in [1.82, 2.24) is 9.97 Å². The molecule has 6 nitrogen and oxygen atoms in total. The molecule has 0 saturated heterocycles. The van der Waals surface area contributed by atoms with Crippen LogP contribution in [0.1, 0.15) is 40.3 Å². The van der Waals surface area contributed by atoms with Crippen molar-refractivity contribution in [3.63, 3.8) is 0 Å². The molecule has 3 N–H and O–H groups in total. The smallest absolute Gasteiger partial charge is 0.225 e. The molecule has 1 atom stereocenters. The predicted molar refractivity (Wildman–Crippen MR) is 127 cm³/mol. The topological polar surface area (TPSA) is 96.9 Å². The predicted octanol–water partition coefficient (Wildman–Crippen LogP) is 5.10. The highest BCUT2D eigenvalue weighted by Crippen LogP contribution is 2.50. The van der Waals surface area contributed by atoms with Crippen LogP contribution < -0.4 is 15.2 Å². The van der Waals surface area contributed by atoms with Gasteiger partial charge in [0.2, 0.25) is 5.88 Å². The van der Waals surface area contributed by atoms with Crippen molar-refractivity contribution in [3.05, 3.63) is 88.2 Å². The van der Waals surface area contributed by atoms with E-state index >= 15 is 0 Å². The van der Waals surface area contributed by atoms with Gasteiger partial charge < -0.3 is 20.2 Å². The lowest BCUT2D eigenvalue weighted by atomic mass is 9.81. The number of pyridine rings is 1. The van der Waals surface area contributed by atoms with Crippen LogP contribution in [-0.2, 0) is 12.8 Å². The van der Waals surface area contributed by atoms with Crippen molar-refractivity contribution in [2.75, 3.05) is 12.8 Å². The highest BCUT2D eigenvalue weighted by Gasteiger charge is 2.37. The third-order valence-corrected chi connectivity index (χ3v) is 6.70. The Bertz CT molecular complexity index is 1470. The number of rotatable bonds is 3. The number of aromatic nitrogens is 2. The van der Waals surface area contributed by atoms with Crippen LogP contribution in [0.4, 0.5) is 5.69 Å². The van der Waals surface area contributed by atoms with Gasteiger partial charge in [-0.05, 0) is 48.6 Å². The van der Waals surface area contributed by atoms with Gasteiger partial charge >= 0.3 is 0 Å². The Morgan fingerprint density at radius 1 is 1.15 bits per heavy atom. The van der Waals surface area contributed by atoms with Gasteiger partial charge in [0.05, 0.1) is 30.2 Å². The Morgan fingerprint density at radius 3 is 2.76 bits per heavy atom. The van der Waals surface area contributed by atoms with Crippen LogP contribution in [0.3, 0.4) is 0 Å². The van der Waals surface area contributed by atoms with Gasteiger partial charge in [-0.3, -0.25) is 0 Å². The summed E-state index contributed by atoms with van der Waals surface area (Å²) >= 11 is 0. The highest BCUT2D eigenvalue weighted by molar-refractivity contribution is 5.94. The number of fused-ring (bicyclic) bond motifs is 3. The maximum Gasteiger partial charge on any atom is 0.225 e. The second-order valence-corrected chi connectivity index (χ2v) is 8.43. The summed E-state index contributed by atoms with van der Waals surface area (Å²) in [5, 5.41) is 11.4. The van der Waals surface area contributed by atoms with Crippen molar-refractivity contribution in [1.29, 1.82) is 5.26 Å². The first-order valence-electron chi connectivity index (χ1n) is 11.0. The van der Waals surface area contributed by atoms with E-state index in [1.165, 1.54) is 0 Å². The number of benzene rings is 2. The number of allylic oxidation sites excluding steroid dienone is 1. The average molecular weight is 434 g/mol. The molecule has 33 heavy (non-hydrogen) atoms. The number of anilines is 1. The maximum absolute atomic E-state index is 10.4. The average Bonchev–Trinajstić information content (AvgIpc) is 3.50. The van der Waals surface area contributed by atoms with Crippen molar-refractivity contribution >= 4 is 22.3 Å². The molecule has 6 rings (SSSR count). The molecular formula is C27H22N4O2. The number of ether oxygens (including phenoxy) is 2. The summed E-state index contributed by atoms with van der Waals surface area (Å²) in [5.41, 5.74) is 13.6. The van der Waals surface area contributed by atoms with E-state index in [1.54, 1.807) is 7.11 Å². The quantitative estimate of drug-likeness (QED) is 0.467. The van der Waals surface area contributed by atoms with Gasteiger partial charge in [0.25, 0.3) is 0 Å². The molecule has 1 aliphatic heterocycles. The van der Waals surface area contributed by atoms with Crippen molar-refractivity contribution in [2.24, 2.45) is 0 Å². The molecule has 4 aromatic rings. The lowest BCUT2D eigenvalue weighted by Gasteiger charge is -2.29. The Kier molecular flexibility index (Phi) is 4.37. The molecule has 1 aliphatic carbocycles. The van der Waals surface area contributed by atoms with Gasteiger partial charge in [-0.1, -0.05) is 30.3 Å². The normalized spacial score (nSPS) is 16.8. The summed E-state index contributed by atoms with van der Waals surface area (Å²) in [4.78, 5) is 8.18. The van der Waals surface area contributed by atoms with Gasteiger partial charge in [-0.15, -0.1) is 0 Å². The molecule has 3 heterocycles. The number of nitrogens with two attached hydrogens (primary N) is 1. The summed E-state index contributed by atoms with van der Waals surface area (Å²) in [5.74, 6) is 1.39. The molecule has 0 bridgehead atoms. The molecule has 0 radical (unpaired) electrons. The molecule has 162 valence electrons. The largest absolute Gasteiger partial charge is 0.497 e. The Hall–Kier alpha value is -4.24. The SMILES string of the molecule is COc1ccc(C2C(C#N)=C(c3c[nH]c4ccccc34)Oc3nc4c(c(N)c32)CCC4)cc1. The van der Waals surface area contributed by atoms with Crippen LogP contribution >= 0.6 is 0 Å². The van der Waals surface area contributed by atoms with E-state index in [2.05, 4.69) is 11.1 Å². The molecule has 0 fully saturated rings. The summed E-state index contributed by atoms with van der Waals surface area (Å²) in [7, 11) is 1.64. The minimum Gasteiger partial charge on any atom is -0.497 e. The zero-order valence-electron chi connectivity index (χ0n) is 18.2. The number of nitriles is 1. The summed E-state index contributed by atoms with van der Waals surface area (Å²) < 4.78 is 11.8. The van der Waals surface area contributed by atoms with Crippen molar-refractivity contribution in [3.8, 4) is 17.7 Å². The summed E-state index contributed by atoms with van der Waals surface area (Å²) in [6.45, 7) is 0. The third kappa shape index (κ3) is 2.90. The van der Waals surface area contributed by atoms with Crippen LogP contribution in [0.5, 0.6) is 11.6 Å². The summed E-state index contributed by atoms with van der Waals surface area (Å²) in [6.07, 6.45) is 4.71. The molecule has 0 amide bonds. The van der Waals surface area contributed by atoms with E-state index < -0.39 is 0 Å². The van der Waals surface area contributed by atoms with Crippen LogP contribution in [0.15, 0.2) is 60.3 Å². The number of para-hydroxylation sites is 1. The van der Waals surface area contributed by atoms with Crippen molar-refractivity contribution in [2.45, 2.75) is 25.2 Å². The number of hydrogen-bond donors (Lipinski definition) is 2. The number of aromatic amines is 1. The first kappa shape index (κ1) is 19.4. The van der Waals surface area contributed by atoms with E-state index in [0.29, 0.717) is 22.9 Å². The summed E-state index contributed by atoms with van der Waals surface area (Å²) in [6, 6.07) is 18.2. The number of methoxy groups -OCH3 is 1. The number of nitrogens with zero attached hydrogens (tertiary/aromatic N) is 2. The first-order chi connectivity index (χ1) is 16.2. The van der Waals surface area contributed by atoms with E-state index in [9.17, 15) is 5.26 Å². The van der Waals surface area contributed by atoms with E-state index in [0.717, 1.165) is 63.9 Å². The van der Waals surface area contributed by atoms with E-state index in [-0.39, 0.29) is 5.92 Å². The molecule has 0 spiro atoms. The van der Waals surface area contributed by atoms with Crippen LogP contribution in [0.25, 0.3) is 16.7 Å². The fraction of sp³-hybridized carbons (Fsp3) is 0.185. The monoisotopic (exact) mass is 434 g/mol. The van der Waals surface area contributed by atoms with Crippen LogP contribution in [-0.4, -0.2) is 17.1 Å². The van der Waals surface area contributed by atoms with Gasteiger partial charge in [0.15, 0.2) is 5.76 Å². The lowest BCUT2D eigenvalue weighted by molar-refractivity contribution is 0.414. The fourth-order valence-electron chi connectivity index (χ4n) is 5.09. The minimum atomic E-state index is -0.383. The molecule has 1 unspecified atom stereocenters. The Labute approximate surface area is 191 Å². The second-order valence-electron chi connectivity index (χ2n) is 8.43.